The van der Waals surface area contributed by atoms with Crippen LogP contribution in [0.4, 0.5) is 5.69 Å². The SMILES string of the molecule is COc1ccc(NC(=O)CSCc2nc(-c3ccc(Cl)cc3)no2)cc1OC. The number of thioether (sulfide) groups is 1. The molecular formula is C19H18ClN3O4S. The van der Waals surface area contributed by atoms with Gasteiger partial charge < -0.3 is 19.3 Å². The van der Waals surface area contributed by atoms with Gasteiger partial charge >= 0.3 is 0 Å². The Morgan fingerprint density at radius 2 is 1.89 bits per heavy atom. The Bertz CT molecular complexity index is 947. The highest BCUT2D eigenvalue weighted by molar-refractivity contribution is 7.99. The van der Waals surface area contributed by atoms with Crippen LogP contribution in [0.1, 0.15) is 5.89 Å². The number of carbonyl (C=O) groups excluding carboxylic acids is 1. The number of carbonyl (C=O) groups is 1. The standard InChI is InChI=1S/C19H18ClN3O4S/c1-25-15-8-7-14(9-16(15)26-2)21-17(24)10-28-11-18-22-19(23-27-18)12-3-5-13(20)6-4-12/h3-9H,10-11H2,1-2H3,(H,21,24). The lowest BCUT2D eigenvalue weighted by Gasteiger charge is -2.10. The molecule has 0 fully saturated rings. The molecule has 0 aliphatic carbocycles. The average molecular weight is 420 g/mol. The van der Waals surface area contributed by atoms with Gasteiger partial charge in [0, 0.05) is 22.3 Å². The molecule has 1 N–H and O–H groups in total. The number of methoxy groups -OCH3 is 2. The molecule has 1 amide bonds. The molecule has 0 aliphatic rings. The summed E-state index contributed by atoms with van der Waals surface area (Å²) < 4.78 is 15.6. The quantitative estimate of drug-likeness (QED) is 0.583. The Morgan fingerprint density at radius 1 is 1.14 bits per heavy atom. The van der Waals surface area contributed by atoms with Crippen LogP contribution < -0.4 is 14.8 Å². The van der Waals surface area contributed by atoms with Crippen molar-refractivity contribution in [2.24, 2.45) is 0 Å². The highest BCUT2D eigenvalue weighted by Crippen LogP contribution is 2.29. The van der Waals surface area contributed by atoms with E-state index in [4.69, 9.17) is 25.6 Å². The van der Waals surface area contributed by atoms with Crippen molar-refractivity contribution in [3.63, 3.8) is 0 Å². The molecule has 1 heterocycles. The summed E-state index contributed by atoms with van der Waals surface area (Å²) in [5.41, 5.74) is 1.45. The van der Waals surface area contributed by atoms with Gasteiger partial charge in [0.05, 0.1) is 25.7 Å². The summed E-state index contributed by atoms with van der Waals surface area (Å²) in [4.78, 5) is 16.5. The van der Waals surface area contributed by atoms with Crippen molar-refractivity contribution in [1.82, 2.24) is 10.1 Å². The number of aromatic nitrogens is 2. The van der Waals surface area contributed by atoms with E-state index >= 15 is 0 Å². The molecule has 3 aromatic rings. The molecule has 0 saturated heterocycles. The van der Waals surface area contributed by atoms with Crippen LogP contribution in [0.3, 0.4) is 0 Å². The van der Waals surface area contributed by atoms with E-state index in [0.29, 0.717) is 39.7 Å². The largest absolute Gasteiger partial charge is 0.493 e. The van der Waals surface area contributed by atoms with Crippen molar-refractivity contribution in [3.8, 4) is 22.9 Å². The van der Waals surface area contributed by atoms with Gasteiger partial charge in [-0.25, -0.2) is 0 Å². The first-order chi connectivity index (χ1) is 13.6. The predicted octanol–water partition coefficient (Wildman–Crippen LogP) is 4.28. The molecule has 7 nitrogen and oxygen atoms in total. The number of nitrogens with one attached hydrogen (secondary N) is 1. The van der Waals surface area contributed by atoms with Crippen molar-refractivity contribution in [1.29, 1.82) is 0 Å². The Labute approximate surface area is 171 Å². The molecular weight excluding hydrogens is 402 g/mol. The van der Waals surface area contributed by atoms with Gasteiger partial charge in [0.1, 0.15) is 0 Å². The number of anilines is 1. The number of benzene rings is 2. The number of amides is 1. The maximum Gasteiger partial charge on any atom is 0.236 e. The van der Waals surface area contributed by atoms with Crippen molar-refractivity contribution in [2.75, 3.05) is 25.3 Å². The molecule has 0 bridgehead atoms. The van der Waals surface area contributed by atoms with E-state index in [1.165, 1.54) is 11.8 Å². The maximum absolute atomic E-state index is 12.1. The number of halogens is 1. The normalized spacial score (nSPS) is 10.5. The zero-order valence-corrected chi connectivity index (χ0v) is 16.8. The molecule has 0 radical (unpaired) electrons. The number of rotatable bonds is 8. The van der Waals surface area contributed by atoms with Crippen LogP contribution in [0, 0.1) is 0 Å². The lowest BCUT2D eigenvalue weighted by Crippen LogP contribution is -2.14. The highest BCUT2D eigenvalue weighted by Gasteiger charge is 2.11. The Balaban J connectivity index is 1.50. The topological polar surface area (TPSA) is 86.5 Å². The zero-order valence-electron chi connectivity index (χ0n) is 15.3. The Kier molecular flexibility index (Phi) is 6.78. The highest BCUT2D eigenvalue weighted by atomic mass is 35.5. The minimum Gasteiger partial charge on any atom is -0.493 e. The fourth-order valence-electron chi connectivity index (χ4n) is 2.37. The van der Waals surface area contributed by atoms with Gasteiger partial charge in [0.2, 0.25) is 17.6 Å². The van der Waals surface area contributed by atoms with Gasteiger partial charge in [0.25, 0.3) is 0 Å². The summed E-state index contributed by atoms with van der Waals surface area (Å²) in [6, 6.07) is 12.4. The molecule has 0 unspecified atom stereocenters. The Hall–Kier alpha value is -2.71. The third-order valence-electron chi connectivity index (χ3n) is 3.70. The van der Waals surface area contributed by atoms with E-state index in [2.05, 4.69) is 15.5 Å². The van der Waals surface area contributed by atoms with Gasteiger partial charge in [-0.05, 0) is 36.4 Å². The molecule has 28 heavy (non-hydrogen) atoms. The first-order valence-corrected chi connectivity index (χ1v) is 9.80. The molecule has 0 atom stereocenters. The van der Waals surface area contributed by atoms with E-state index in [0.717, 1.165) is 5.56 Å². The smallest absolute Gasteiger partial charge is 0.236 e. The number of nitrogens with zero attached hydrogens (tertiary/aromatic N) is 2. The molecule has 0 spiro atoms. The van der Waals surface area contributed by atoms with E-state index in [1.807, 2.05) is 12.1 Å². The van der Waals surface area contributed by atoms with Gasteiger partial charge in [-0.15, -0.1) is 11.8 Å². The summed E-state index contributed by atoms with van der Waals surface area (Å²) in [5.74, 6) is 2.62. The second-order valence-corrected chi connectivity index (χ2v) is 7.05. The molecule has 1 aromatic heterocycles. The summed E-state index contributed by atoms with van der Waals surface area (Å²) in [6.07, 6.45) is 0. The number of hydrogen-bond donors (Lipinski definition) is 1. The summed E-state index contributed by atoms with van der Waals surface area (Å²) in [7, 11) is 3.10. The second-order valence-electron chi connectivity index (χ2n) is 5.63. The predicted molar refractivity (Wildman–Crippen MR) is 109 cm³/mol. The fourth-order valence-corrected chi connectivity index (χ4v) is 3.15. The molecule has 0 saturated carbocycles. The molecule has 2 aromatic carbocycles. The zero-order chi connectivity index (χ0) is 19.9. The third-order valence-corrected chi connectivity index (χ3v) is 4.87. The lowest BCUT2D eigenvalue weighted by atomic mass is 10.2. The van der Waals surface area contributed by atoms with Gasteiger partial charge in [-0.2, -0.15) is 4.98 Å². The number of ether oxygens (including phenoxy) is 2. The van der Waals surface area contributed by atoms with Crippen LogP contribution in [0.15, 0.2) is 47.0 Å². The van der Waals surface area contributed by atoms with Gasteiger partial charge in [-0.3, -0.25) is 4.79 Å². The molecule has 3 rings (SSSR count). The van der Waals surface area contributed by atoms with E-state index in [-0.39, 0.29) is 11.7 Å². The maximum atomic E-state index is 12.1. The first kappa shape index (κ1) is 20.0. The van der Waals surface area contributed by atoms with Gasteiger partial charge in [0.15, 0.2) is 11.5 Å². The average Bonchev–Trinajstić information content (AvgIpc) is 3.17. The molecule has 146 valence electrons. The van der Waals surface area contributed by atoms with Crippen molar-refractivity contribution >= 4 is 35.0 Å². The van der Waals surface area contributed by atoms with Crippen LogP contribution in [0.5, 0.6) is 11.5 Å². The second kappa shape index (κ2) is 9.48. The summed E-state index contributed by atoms with van der Waals surface area (Å²) >= 11 is 7.25. The van der Waals surface area contributed by atoms with Crippen molar-refractivity contribution in [2.45, 2.75) is 5.75 Å². The molecule has 0 aliphatic heterocycles. The van der Waals surface area contributed by atoms with Crippen LogP contribution >= 0.6 is 23.4 Å². The monoisotopic (exact) mass is 419 g/mol. The number of hydrogen-bond acceptors (Lipinski definition) is 7. The van der Waals surface area contributed by atoms with Gasteiger partial charge in [-0.1, -0.05) is 16.8 Å². The Morgan fingerprint density at radius 3 is 2.61 bits per heavy atom. The first-order valence-electron chi connectivity index (χ1n) is 8.27. The fraction of sp³-hybridized carbons (Fsp3) is 0.211. The summed E-state index contributed by atoms with van der Waals surface area (Å²) in [5, 5.41) is 7.41. The van der Waals surface area contributed by atoms with E-state index < -0.39 is 0 Å². The third kappa shape index (κ3) is 5.17. The lowest BCUT2D eigenvalue weighted by molar-refractivity contribution is -0.113. The van der Waals surface area contributed by atoms with Crippen molar-refractivity contribution in [3.05, 3.63) is 53.4 Å². The summed E-state index contributed by atoms with van der Waals surface area (Å²) in [6.45, 7) is 0. The van der Waals surface area contributed by atoms with Crippen LogP contribution in [-0.4, -0.2) is 36.0 Å². The van der Waals surface area contributed by atoms with Crippen LogP contribution in [0.25, 0.3) is 11.4 Å². The molecule has 9 heteroatoms. The van der Waals surface area contributed by atoms with Crippen LogP contribution in [-0.2, 0) is 10.5 Å². The van der Waals surface area contributed by atoms with Crippen LogP contribution in [0.2, 0.25) is 5.02 Å². The van der Waals surface area contributed by atoms with Crippen molar-refractivity contribution < 1.29 is 18.8 Å². The minimum atomic E-state index is -0.144. The minimum absolute atomic E-state index is 0.144. The van der Waals surface area contributed by atoms with E-state index in [9.17, 15) is 4.79 Å². The van der Waals surface area contributed by atoms with E-state index in [1.54, 1.807) is 44.6 Å².